The second-order valence-electron chi connectivity index (χ2n) is 9.06. The molecule has 1 aliphatic heterocycles. The van der Waals surface area contributed by atoms with Crippen LogP contribution in [-0.4, -0.2) is 73.0 Å². The van der Waals surface area contributed by atoms with Gasteiger partial charge in [0.25, 0.3) is 5.88 Å². The number of urea groups is 1. The maximum atomic E-state index is 13.2. The van der Waals surface area contributed by atoms with E-state index < -0.39 is 30.7 Å². The highest BCUT2D eigenvalue weighted by atomic mass is 19.4. The molecule has 14 heteroatoms. The quantitative estimate of drug-likeness (QED) is 0.523. The molecule has 4 rings (SSSR count). The number of hydrogen-bond acceptors (Lipinski definition) is 8. The number of halogens is 3. The van der Waals surface area contributed by atoms with Crippen molar-refractivity contribution in [2.75, 3.05) is 20.3 Å². The summed E-state index contributed by atoms with van der Waals surface area (Å²) in [5.74, 6) is 0.947. The number of nitrogens with zero attached hydrogens (tertiary/aromatic N) is 7. The summed E-state index contributed by atoms with van der Waals surface area (Å²) in [5.41, 5.74) is 1.22. The molecular formula is C24H31F3N8O3. The highest BCUT2D eigenvalue weighted by Crippen LogP contribution is 2.31. The average Bonchev–Trinajstić information content (AvgIpc) is 3.37. The van der Waals surface area contributed by atoms with Crippen molar-refractivity contribution in [1.82, 2.24) is 39.8 Å². The third-order valence-electron chi connectivity index (χ3n) is 6.45. The Morgan fingerprint density at radius 3 is 2.76 bits per heavy atom. The van der Waals surface area contributed by atoms with E-state index in [0.29, 0.717) is 67.4 Å². The maximum Gasteiger partial charge on any atom is 0.389 e. The number of fused-ring (bicyclic) bond motifs is 7. The van der Waals surface area contributed by atoms with Gasteiger partial charge < -0.3 is 19.7 Å². The number of rotatable bonds is 4. The topological polar surface area (TPSA) is 120 Å². The summed E-state index contributed by atoms with van der Waals surface area (Å²) in [5, 5.41) is 7.03. The molecule has 206 valence electrons. The van der Waals surface area contributed by atoms with Crippen LogP contribution < -0.4 is 14.8 Å². The van der Waals surface area contributed by atoms with Gasteiger partial charge in [0.15, 0.2) is 11.6 Å². The van der Waals surface area contributed by atoms with Crippen LogP contribution in [0.2, 0.25) is 0 Å². The molecule has 1 aliphatic rings. The van der Waals surface area contributed by atoms with E-state index in [1.165, 1.54) is 29.0 Å². The van der Waals surface area contributed by atoms with Gasteiger partial charge in [-0.25, -0.2) is 29.2 Å². The first-order chi connectivity index (χ1) is 18.2. The van der Waals surface area contributed by atoms with Gasteiger partial charge in [0.05, 0.1) is 32.2 Å². The van der Waals surface area contributed by atoms with Crippen LogP contribution in [0.1, 0.15) is 64.2 Å². The number of hydrogen-bond donors (Lipinski definition) is 1. The molecule has 4 heterocycles. The molecule has 0 aromatic carbocycles. The van der Waals surface area contributed by atoms with Crippen LogP contribution in [0.3, 0.4) is 0 Å². The Labute approximate surface area is 217 Å². The molecule has 0 spiro atoms. The summed E-state index contributed by atoms with van der Waals surface area (Å²) in [4.78, 5) is 32.6. The molecule has 3 aromatic heterocycles. The van der Waals surface area contributed by atoms with Gasteiger partial charge in [-0.3, -0.25) is 0 Å². The van der Waals surface area contributed by atoms with Gasteiger partial charge >= 0.3 is 12.2 Å². The van der Waals surface area contributed by atoms with Gasteiger partial charge in [0, 0.05) is 19.0 Å². The van der Waals surface area contributed by atoms with Crippen molar-refractivity contribution >= 4 is 11.7 Å². The zero-order valence-electron chi connectivity index (χ0n) is 21.5. The van der Waals surface area contributed by atoms with Gasteiger partial charge in [0.2, 0.25) is 5.65 Å². The van der Waals surface area contributed by atoms with E-state index in [2.05, 4.69) is 30.4 Å². The van der Waals surface area contributed by atoms with Gasteiger partial charge in [-0.2, -0.15) is 18.3 Å². The zero-order chi connectivity index (χ0) is 27.3. The van der Waals surface area contributed by atoms with E-state index >= 15 is 0 Å². The lowest BCUT2D eigenvalue weighted by atomic mass is 10.0. The third-order valence-corrected chi connectivity index (χ3v) is 6.45. The minimum Gasteiger partial charge on any atom is -0.493 e. The van der Waals surface area contributed by atoms with E-state index in [0.717, 1.165) is 0 Å². The van der Waals surface area contributed by atoms with Crippen LogP contribution in [-0.2, 0) is 0 Å². The van der Waals surface area contributed by atoms with Crippen molar-refractivity contribution in [3.8, 4) is 23.0 Å². The molecule has 4 bridgehead atoms. The normalized spacial score (nSPS) is 19.5. The lowest BCUT2D eigenvalue weighted by Gasteiger charge is -2.30. The molecule has 2 atom stereocenters. The second-order valence-corrected chi connectivity index (χ2v) is 9.06. The number of methoxy groups -OCH3 is 1. The van der Waals surface area contributed by atoms with Gasteiger partial charge in [-0.15, -0.1) is 0 Å². The first-order valence-corrected chi connectivity index (χ1v) is 12.6. The molecule has 0 saturated carbocycles. The lowest BCUT2D eigenvalue weighted by molar-refractivity contribution is -0.136. The molecule has 0 saturated heterocycles. The molecule has 2 amide bonds. The number of carbonyl (C=O) groups is 1. The molecule has 1 N–H and O–H groups in total. The largest absolute Gasteiger partial charge is 0.493 e. The molecule has 0 unspecified atom stereocenters. The number of nitrogens with one attached hydrogen (secondary N) is 1. The summed E-state index contributed by atoms with van der Waals surface area (Å²) in [6, 6.07) is -1.68. The van der Waals surface area contributed by atoms with Crippen LogP contribution in [0.15, 0.2) is 18.7 Å². The van der Waals surface area contributed by atoms with Crippen molar-refractivity contribution in [2.24, 2.45) is 0 Å². The zero-order valence-corrected chi connectivity index (χ0v) is 21.5. The van der Waals surface area contributed by atoms with Crippen LogP contribution in [0.25, 0.3) is 17.0 Å². The number of ether oxygens (including phenoxy) is 2. The molecule has 11 nitrogen and oxygen atoms in total. The van der Waals surface area contributed by atoms with Crippen molar-refractivity contribution < 1.29 is 27.4 Å². The fraction of sp³-hybridized carbons (Fsp3) is 0.583. The molecule has 38 heavy (non-hydrogen) atoms. The number of alkyl halides is 3. The van der Waals surface area contributed by atoms with E-state index in [-0.39, 0.29) is 12.3 Å². The van der Waals surface area contributed by atoms with E-state index in [4.69, 9.17) is 9.47 Å². The fourth-order valence-corrected chi connectivity index (χ4v) is 4.39. The molecule has 3 aromatic rings. The van der Waals surface area contributed by atoms with Crippen molar-refractivity contribution in [1.29, 1.82) is 0 Å². The Morgan fingerprint density at radius 1 is 1.21 bits per heavy atom. The smallest absolute Gasteiger partial charge is 0.389 e. The van der Waals surface area contributed by atoms with E-state index in [9.17, 15) is 18.0 Å². The summed E-state index contributed by atoms with van der Waals surface area (Å²) < 4.78 is 51.8. The van der Waals surface area contributed by atoms with E-state index in [1.807, 2.05) is 0 Å². The van der Waals surface area contributed by atoms with Gasteiger partial charge in [-0.05, 0) is 39.5 Å². The highest BCUT2D eigenvalue weighted by Gasteiger charge is 2.30. The maximum absolute atomic E-state index is 13.2. The van der Waals surface area contributed by atoms with Crippen molar-refractivity contribution in [3.63, 3.8) is 0 Å². The Hall–Kier alpha value is -3.71. The van der Waals surface area contributed by atoms with Gasteiger partial charge in [0.1, 0.15) is 17.7 Å². The number of carbonyl (C=O) groups excluding carboxylic acids is 1. The Bertz CT molecular complexity index is 1250. The Balaban J connectivity index is 1.72. The van der Waals surface area contributed by atoms with E-state index in [1.54, 1.807) is 20.0 Å². The van der Waals surface area contributed by atoms with Crippen LogP contribution in [0.5, 0.6) is 11.6 Å². The van der Waals surface area contributed by atoms with Gasteiger partial charge in [-0.1, -0.05) is 6.42 Å². The van der Waals surface area contributed by atoms with Crippen molar-refractivity contribution in [3.05, 3.63) is 24.5 Å². The standard InChI is InChI=1S/C24H31F3N8O3/c1-4-34-15(2)20-28-12-18(37-3)19(33-20)17-13-35-21(29-14-30-35)22(32-17)38-11-7-5-6-8-16(31-23(34)36)9-10-24(25,26)27/h12-16H,4-11H2,1-3H3,(H,31,36)/t15-,16-/m1/s1. The average molecular weight is 537 g/mol. The first-order valence-electron chi connectivity index (χ1n) is 12.6. The minimum absolute atomic E-state index is 0.193. The van der Waals surface area contributed by atoms with Crippen LogP contribution in [0, 0.1) is 0 Å². The SMILES string of the molecule is CCN1C(=O)N[C@@H](CCC(F)(F)F)CCCCCOc2nc(cn3ncnc23)-c2nc(ncc2OC)[C@H]1C. The summed E-state index contributed by atoms with van der Waals surface area (Å²) in [6.07, 6.45) is 1.47. The lowest BCUT2D eigenvalue weighted by Crippen LogP contribution is -2.46. The minimum atomic E-state index is -4.30. The molecule has 0 radical (unpaired) electrons. The first kappa shape index (κ1) is 27.3. The molecule has 0 fully saturated rings. The van der Waals surface area contributed by atoms with Crippen molar-refractivity contribution in [2.45, 2.75) is 70.6 Å². The highest BCUT2D eigenvalue weighted by molar-refractivity contribution is 5.75. The Kier molecular flexibility index (Phi) is 8.47. The van der Waals surface area contributed by atoms with Crippen LogP contribution in [0.4, 0.5) is 18.0 Å². The molecular weight excluding hydrogens is 505 g/mol. The predicted molar refractivity (Wildman–Crippen MR) is 131 cm³/mol. The summed E-state index contributed by atoms with van der Waals surface area (Å²) in [6.45, 7) is 4.17. The molecule has 0 aliphatic carbocycles. The number of aromatic nitrogens is 6. The summed E-state index contributed by atoms with van der Waals surface area (Å²) >= 11 is 0. The van der Waals surface area contributed by atoms with Crippen LogP contribution >= 0.6 is 0 Å². The predicted octanol–water partition coefficient (Wildman–Crippen LogP) is 4.35. The monoisotopic (exact) mass is 536 g/mol. The second kappa shape index (κ2) is 11.8. The fourth-order valence-electron chi connectivity index (χ4n) is 4.39. The summed E-state index contributed by atoms with van der Waals surface area (Å²) in [7, 11) is 1.49. The third kappa shape index (κ3) is 6.40. The Morgan fingerprint density at radius 2 is 2.03 bits per heavy atom. The number of amides is 2.